The number of benzene rings is 2. The van der Waals surface area contributed by atoms with Crippen LogP contribution in [0.4, 0.5) is 0 Å². The van der Waals surface area contributed by atoms with Crippen molar-refractivity contribution in [2.45, 2.75) is 20.4 Å². The van der Waals surface area contributed by atoms with Gasteiger partial charge in [0.25, 0.3) is 5.91 Å². The average Bonchev–Trinajstić information content (AvgIpc) is 2.78. The van der Waals surface area contributed by atoms with Gasteiger partial charge < -0.3 is 23.8 Å². The van der Waals surface area contributed by atoms with Gasteiger partial charge in [0.15, 0.2) is 24.7 Å². The standard InChI is InChI=1S/C24H29NO6/c1-5-7-18-10-13-21(22(14-18)28-4)30-17-24(27)31-16-23(26)25(3)15-19-8-11-20(12-9-19)29-6-2/h5,7-14H,6,15-17H2,1-4H3/b7-5+. The van der Waals surface area contributed by atoms with Crippen LogP contribution in [0.5, 0.6) is 17.2 Å². The van der Waals surface area contributed by atoms with Crippen LogP contribution in [0.3, 0.4) is 0 Å². The Balaban J connectivity index is 1.79. The van der Waals surface area contributed by atoms with Crippen molar-refractivity contribution in [3.8, 4) is 17.2 Å². The SMILES string of the molecule is C/C=C/c1ccc(OCC(=O)OCC(=O)N(C)Cc2ccc(OCC)cc2)c(OC)c1. The van der Waals surface area contributed by atoms with E-state index in [2.05, 4.69) is 0 Å². The molecular formula is C24H29NO6. The number of esters is 1. The van der Waals surface area contributed by atoms with Gasteiger partial charge in [0.2, 0.25) is 0 Å². The lowest BCUT2D eigenvalue weighted by Gasteiger charge is -2.17. The van der Waals surface area contributed by atoms with Crippen LogP contribution in [0.2, 0.25) is 0 Å². The van der Waals surface area contributed by atoms with E-state index in [1.165, 1.54) is 12.0 Å². The van der Waals surface area contributed by atoms with Crippen molar-refractivity contribution in [3.63, 3.8) is 0 Å². The minimum atomic E-state index is -0.637. The second-order valence-electron chi connectivity index (χ2n) is 6.69. The lowest BCUT2D eigenvalue weighted by molar-refractivity contribution is -0.153. The van der Waals surface area contributed by atoms with Gasteiger partial charge in [-0.25, -0.2) is 4.79 Å². The van der Waals surface area contributed by atoms with Crippen molar-refractivity contribution in [1.82, 2.24) is 4.90 Å². The fraction of sp³-hybridized carbons (Fsp3) is 0.333. The van der Waals surface area contributed by atoms with E-state index in [1.54, 1.807) is 19.2 Å². The summed E-state index contributed by atoms with van der Waals surface area (Å²) in [5.41, 5.74) is 1.90. The van der Waals surface area contributed by atoms with Gasteiger partial charge in [-0.1, -0.05) is 30.4 Å². The molecule has 0 aliphatic rings. The third kappa shape index (κ3) is 7.70. The molecule has 2 aromatic carbocycles. The second kappa shape index (κ2) is 12.3. The monoisotopic (exact) mass is 427 g/mol. The zero-order chi connectivity index (χ0) is 22.6. The van der Waals surface area contributed by atoms with Crippen LogP contribution < -0.4 is 14.2 Å². The number of carbonyl (C=O) groups excluding carboxylic acids is 2. The maximum absolute atomic E-state index is 12.3. The Bertz CT molecular complexity index is 891. The molecular weight excluding hydrogens is 398 g/mol. The molecule has 0 radical (unpaired) electrons. The van der Waals surface area contributed by atoms with Crippen LogP contribution >= 0.6 is 0 Å². The van der Waals surface area contributed by atoms with Crippen LogP contribution in [0.1, 0.15) is 25.0 Å². The fourth-order valence-corrected chi connectivity index (χ4v) is 2.75. The number of methoxy groups -OCH3 is 1. The van der Waals surface area contributed by atoms with Gasteiger partial charge in [0.1, 0.15) is 5.75 Å². The van der Waals surface area contributed by atoms with Crippen molar-refractivity contribution in [2.75, 3.05) is 34.0 Å². The molecule has 0 unspecified atom stereocenters. The smallest absolute Gasteiger partial charge is 0.344 e. The lowest BCUT2D eigenvalue weighted by Crippen LogP contribution is -2.31. The van der Waals surface area contributed by atoms with Crippen LogP contribution in [0.15, 0.2) is 48.5 Å². The quantitative estimate of drug-likeness (QED) is 0.509. The van der Waals surface area contributed by atoms with Gasteiger partial charge in [0, 0.05) is 13.6 Å². The van der Waals surface area contributed by atoms with Gasteiger partial charge >= 0.3 is 5.97 Å². The molecule has 2 aromatic rings. The summed E-state index contributed by atoms with van der Waals surface area (Å²) in [4.78, 5) is 25.7. The molecule has 0 atom stereocenters. The first-order valence-corrected chi connectivity index (χ1v) is 10.0. The summed E-state index contributed by atoms with van der Waals surface area (Å²) in [5, 5.41) is 0. The Labute approximate surface area is 183 Å². The molecule has 31 heavy (non-hydrogen) atoms. The second-order valence-corrected chi connectivity index (χ2v) is 6.69. The molecule has 7 nitrogen and oxygen atoms in total. The van der Waals surface area contributed by atoms with E-state index < -0.39 is 5.97 Å². The molecule has 0 aliphatic carbocycles. The summed E-state index contributed by atoms with van der Waals surface area (Å²) in [7, 11) is 3.18. The van der Waals surface area contributed by atoms with Crippen molar-refractivity contribution in [3.05, 3.63) is 59.7 Å². The van der Waals surface area contributed by atoms with Gasteiger partial charge in [-0.3, -0.25) is 4.79 Å². The van der Waals surface area contributed by atoms with E-state index >= 15 is 0 Å². The number of hydrogen-bond donors (Lipinski definition) is 0. The van der Waals surface area contributed by atoms with Gasteiger partial charge in [-0.05, 0) is 49.2 Å². The molecule has 0 aliphatic heterocycles. The third-order valence-corrected chi connectivity index (χ3v) is 4.33. The summed E-state index contributed by atoms with van der Waals surface area (Å²) in [5.74, 6) is 0.765. The fourth-order valence-electron chi connectivity index (χ4n) is 2.75. The third-order valence-electron chi connectivity index (χ3n) is 4.33. The molecule has 0 spiro atoms. The first-order chi connectivity index (χ1) is 15.0. The largest absolute Gasteiger partial charge is 0.494 e. The highest BCUT2D eigenvalue weighted by molar-refractivity contribution is 5.80. The van der Waals surface area contributed by atoms with Crippen LogP contribution in [0, 0.1) is 0 Å². The Kier molecular flexibility index (Phi) is 9.42. The highest BCUT2D eigenvalue weighted by Crippen LogP contribution is 2.28. The van der Waals surface area contributed by atoms with E-state index in [9.17, 15) is 9.59 Å². The predicted molar refractivity (Wildman–Crippen MR) is 118 cm³/mol. The Morgan fingerprint density at radius 1 is 1.00 bits per heavy atom. The molecule has 0 saturated heterocycles. The number of allylic oxidation sites excluding steroid dienone is 1. The molecule has 1 amide bonds. The van der Waals surface area contributed by atoms with Crippen molar-refractivity contribution >= 4 is 18.0 Å². The maximum atomic E-state index is 12.3. The number of rotatable bonds is 11. The summed E-state index contributed by atoms with van der Waals surface area (Å²) in [6.45, 7) is 4.16. The average molecular weight is 427 g/mol. The molecule has 0 fully saturated rings. The zero-order valence-corrected chi connectivity index (χ0v) is 18.4. The normalized spacial score (nSPS) is 10.6. The maximum Gasteiger partial charge on any atom is 0.344 e. The van der Waals surface area contributed by atoms with E-state index in [0.29, 0.717) is 24.7 Å². The molecule has 0 heterocycles. The highest BCUT2D eigenvalue weighted by Gasteiger charge is 2.14. The summed E-state index contributed by atoms with van der Waals surface area (Å²) < 4.78 is 21.2. The van der Waals surface area contributed by atoms with Crippen LogP contribution in [0.25, 0.3) is 6.08 Å². The molecule has 0 bridgehead atoms. The summed E-state index contributed by atoms with van der Waals surface area (Å²) in [6, 6.07) is 12.9. The Morgan fingerprint density at radius 2 is 1.74 bits per heavy atom. The molecule has 7 heteroatoms. The van der Waals surface area contributed by atoms with Gasteiger partial charge in [-0.15, -0.1) is 0 Å². The first-order valence-electron chi connectivity index (χ1n) is 10.0. The van der Waals surface area contributed by atoms with Gasteiger partial charge in [0.05, 0.1) is 13.7 Å². The molecule has 0 aromatic heterocycles. The van der Waals surface area contributed by atoms with Crippen LogP contribution in [-0.4, -0.2) is 50.8 Å². The summed E-state index contributed by atoms with van der Waals surface area (Å²) in [6.07, 6.45) is 3.84. The number of nitrogens with zero attached hydrogens (tertiary/aromatic N) is 1. The number of likely N-dealkylation sites (N-methyl/N-ethyl adjacent to an activating group) is 1. The lowest BCUT2D eigenvalue weighted by atomic mass is 10.2. The van der Waals surface area contributed by atoms with E-state index in [1.807, 2.05) is 56.3 Å². The molecule has 166 valence electrons. The van der Waals surface area contributed by atoms with Gasteiger partial charge in [-0.2, -0.15) is 0 Å². The van der Waals surface area contributed by atoms with Crippen LogP contribution in [-0.2, 0) is 20.9 Å². The zero-order valence-electron chi connectivity index (χ0n) is 18.4. The minimum Gasteiger partial charge on any atom is -0.494 e. The number of hydrogen-bond acceptors (Lipinski definition) is 6. The summed E-state index contributed by atoms with van der Waals surface area (Å²) >= 11 is 0. The highest BCUT2D eigenvalue weighted by atomic mass is 16.6. The predicted octanol–water partition coefficient (Wildman–Crippen LogP) is 3.71. The number of amides is 1. The Morgan fingerprint density at radius 3 is 2.39 bits per heavy atom. The number of carbonyl (C=O) groups is 2. The van der Waals surface area contributed by atoms with Crippen molar-refractivity contribution < 1.29 is 28.5 Å². The molecule has 2 rings (SSSR count). The van der Waals surface area contributed by atoms with E-state index in [-0.39, 0.29) is 19.1 Å². The van der Waals surface area contributed by atoms with E-state index in [0.717, 1.165) is 16.9 Å². The van der Waals surface area contributed by atoms with Crippen molar-refractivity contribution in [1.29, 1.82) is 0 Å². The topological polar surface area (TPSA) is 74.3 Å². The molecule has 0 saturated carbocycles. The Hall–Kier alpha value is -3.48. The van der Waals surface area contributed by atoms with Crippen molar-refractivity contribution in [2.24, 2.45) is 0 Å². The minimum absolute atomic E-state index is 0.310. The van der Waals surface area contributed by atoms with E-state index in [4.69, 9.17) is 18.9 Å². The first kappa shape index (κ1) is 23.8. The molecule has 0 N–H and O–H groups in total. The number of ether oxygens (including phenoxy) is 4.